The number of rotatable bonds is 5. The van der Waals surface area contributed by atoms with E-state index in [2.05, 4.69) is 0 Å². The molecule has 120 valence electrons. The van der Waals surface area contributed by atoms with E-state index in [1.165, 1.54) is 13.2 Å². The van der Waals surface area contributed by atoms with Crippen LogP contribution in [0.3, 0.4) is 0 Å². The van der Waals surface area contributed by atoms with Gasteiger partial charge in [0.15, 0.2) is 0 Å². The summed E-state index contributed by atoms with van der Waals surface area (Å²) >= 11 is 0. The predicted octanol–water partition coefficient (Wildman–Crippen LogP) is 3.09. The molecule has 0 radical (unpaired) electrons. The summed E-state index contributed by atoms with van der Waals surface area (Å²) in [4.78, 5) is 11.3. The zero-order chi connectivity index (χ0) is 15.3. The molecule has 1 rings (SSSR count). The molecule has 8 heteroatoms. The first-order valence-electron chi connectivity index (χ1n) is 5.95. The van der Waals surface area contributed by atoms with E-state index in [9.17, 15) is 18.0 Å². The third-order valence-corrected chi connectivity index (χ3v) is 2.61. The number of nitrogens with two attached hydrogens (primary N) is 1. The van der Waals surface area contributed by atoms with Crippen LogP contribution in [0.5, 0.6) is 5.75 Å². The van der Waals surface area contributed by atoms with Crippen molar-refractivity contribution < 1.29 is 27.4 Å². The van der Waals surface area contributed by atoms with Gasteiger partial charge in [-0.15, -0.1) is 12.4 Å². The van der Waals surface area contributed by atoms with Crippen molar-refractivity contribution in [1.29, 1.82) is 0 Å². The molecule has 0 amide bonds. The molecule has 4 nitrogen and oxygen atoms in total. The lowest BCUT2D eigenvalue weighted by atomic mass is 10.0. The molecule has 2 N–H and O–H groups in total. The Bertz CT molecular complexity index is 480. The Hall–Kier alpha value is -1.47. The van der Waals surface area contributed by atoms with Gasteiger partial charge in [-0.3, -0.25) is 4.79 Å². The molecule has 0 aromatic heterocycles. The number of benzene rings is 1. The van der Waals surface area contributed by atoms with Crippen molar-refractivity contribution in [3.63, 3.8) is 0 Å². The van der Waals surface area contributed by atoms with Crippen molar-refractivity contribution in [2.24, 2.45) is 5.73 Å². The van der Waals surface area contributed by atoms with Crippen molar-refractivity contribution in [1.82, 2.24) is 0 Å². The van der Waals surface area contributed by atoms with Crippen LogP contribution in [0.25, 0.3) is 0 Å². The molecular weight excluding hydrogens is 311 g/mol. The van der Waals surface area contributed by atoms with E-state index in [-0.39, 0.29) is 36.7 Å². The smallest absolute Gasteiger partial charge is 0.416 e. The van der Waals surface area contributed by atoms with Crippen LogP contribution < -0.4 is 10.5 Å². The molecule has 0 heterocycles. The highest BCUT2D eigenvalue weighted by molar-refractivity contribution is 5.85. The van der Waals surface area contributed by atoms with Crippen LogP contribution in [-0.2, 0) is 15.7 Å². The summed E-state index contributed by atoms with van der Waals surface area (Å²) in [7, 11) is 1.26. The molecule has 0 unspecified atom stereocenters. The molecule has 0 spiro atoms. The highest BCUT2D eigenvalue weighted by Crippen LogP contribution is 2.34. The van der Waals surface area contributed by atoms with Crippen LogP contribution in [0.15, 0.2) is 18.2 Å². The summed E-state index contributed by atoms with van der Waals surface area (Å²) in [6, 6.07) is 2.27. The lowest BCUT2D eigenvalue weighted by Gasteiger charge is -2.15. The average Bonchev–Trinajstić information content (AvgIpc) is 2.37. The Kier molecular flexibility index (Phi) is 7.52. The number of alkyl halides is 3. The second-order valence-corrected chi connectivity index (χ2v) is 4.11. The highest BCUT2D eigenvalue weighted by atomic mass is 35.5. The number of hydrogen-bond donors (Lipinski definition) is 1. The van der Waals surface area contributed by atoms with E-state index < -0.39 is 23.8 Å². The van der Waals surface area contributed by atoms with Crippen molar-refractivity contribution in [2.75, 3.05) is 13.7 Å². The van der Waals surface area contributed by atoms with Gasteiger partial charge in [-0.1, -0.05) is 0 Å². The first-order valence-corrected chi connectivity index (χ1v) is 5.95. The molecule has 0 fully saturated rings. The van der Waals surface area contributed by atoms with Gasteiger partial charge in [0.25, 0.3) is 0 Å². The van der Waals surface area contributed by atoms with E-state index in [1.54, 1.807) is 6.92 Å². The van der Waals surface area contributed by atoms with Gasteiger partial charge < -0.3 is 15.2 Å². The first-order chi connectivity index (χ1) is 9.27. The van der Waals surface area contributed by atoms with Crippen molar-refractivity contribution >= 4 is 18.4 Å². The highest BCUT2D eigenvalue weighted by Gasteiger charge is 2.32. The summed E-state index contributed by atoms with van der Waals surface area (Å²) in [5, 5.41) is 0. The fourth-order valence-corrected chi connectivity index (χ4v) is 1.64. The van der Waals surface area contributed by atoms with E-state index in [0.29, 0.717) is 0 Å². The van der Waals surface area contributed by atoms with Gasteiger partial charge >= 0.3 is 12.1 Å². The van der Waals surface area contributed by atoms with Crippen LogP contribution in [0.4, 0.5) is 13.2 Å². The van der Waals surface area contributed by atoms with Gasteiger partial charge in [0, 0.05) is 6.04 Å². The molecule has 0 bridgehead atoms. The third kappa shape index (κ3) is 5.81. The van der Waals surface area contributed by atoms with Crippen LogP contribution in [-0.4, -0.2) is 19.7 Å². The minimum atomic E-state index is -4.51. The Morgan fingerprint density at radius 3 is 2.43 bits per heavy atom. The summed E-state index contributed by atoms with van der Waals surface area (Å²) in [5.41, 5.74) is 5.04. The Morgan fingerprint density at radius 1 is 1.33 bits per heavy atom. The minimum Gasteiger partial charge on any atom is -0.497 e. The quantitative estimate of drug-likeness (QED) is 0.844. The molecule has 0 aliphatic carbocycles. The molecular formula is C13H17ClF3NO3. The zero-order valence-electron chi connectivity index (χ0n) is 11.6. The fraction of sp³-hybridized carbons (Fsp3) is 0.462. The van der Waals surface area contributed by atoms with Gasteiger partial charge in [-0.05, 0) is 30.7 Å². The van der Waals surface area contributed by atoms with E-state index in [0.717, 1.165) is 12.1 Å². The minimum absolute atomic E-state index is 0. The topological polar surface area (TPSA) is 61.5 Å². The van der Waals surface area contributed by atoms with Gasteiger partial charge in [0.05, 0.1) is 25.7 Å². The standard InChI is InChI=1S/C13H16F3NO3.ClH/c1-3-20-12(18)7-11(17)8-4-9(13(14,15)16)6-10(5-8)19-2;/h4-6,11H,3,7,17H2,1-2H3;1H/t11-;/m1./s1. The second-order valence-electron chi connectivity index (χ2n) is 4.11. The zero-order valence-corrected chi connectivity index (χ0v) is 12.4. The summed E-state index contributed by atoms with van der Waals surface area (Å²) in [6.45, 7) is 1.83. The Labute approximate surface area is 126 Å². The molecule has 0 aliphatic rings. The maximum atomic E-state index is 12.7. The van der Waals surface area contributed by atoms with Gasteiger partial charge in [0.2, 0.25) is 0 Å². The molecule has 21 heavy (non-hydrogen) atoms. The van der Waals surface area contributed by atoms with Crippen molar-refractivity contribution in [3.05, 3.63) is 29.3 Å². The summed E-state index contributed by atoms with van der Waals surface area (Å²) < 4.78 is 47.8. The van der Waals surface area contributed by atoms with Gasteiger partial charge in [-0.25, -0.2) is 0 Å². The number of methoxy groups -OCH3 is 1. The van der Waals surface area contributed by atoms with Crippen LogP contribution in [0.1, 0.15) is 30.5 Å². The molecule has 0 aliphatic heterocycles. The maximum absolute atomic E-state index is 12.7. The number of ether oxygens (including phenoxy) is 2. The van der Waals surface area contributed by atoms with E-state index in [1.807, 2.05) is 0 Å². The molecule has 1 aromatic rings. The fourth-order valence-electron chi connectivity index (χ4n) is 1.64. The number of hydrogen-bond acceptors (Lipinski definition) is 4. The maximum Gasteiger partial charge on any atom is 0.416 e. The molecule has 0 saturated carbocycles. The molecule has 1 atom stereocenters. The van der Waals surface area contributed by atoms with Gasteiger partial charge in [0.1, 0.15) is 5.75 Å². The third-order valence-electron chi connectivity index (χ3n) is 2.61. The average molecular weight is 328 g/mol. The van der Waals surface area contributed by atoms with Crippen LogP contribution in [0.2, 0.25) is 0 Å². The van der Waals surface area contributed by atoms with Crippen LogP contribution >= 0.6 is 12.4 Å². The van der Waals surface area contributed by atoms with Crippen molar-refractivity contribution in [2.45, 2.75) is 25.6 Å². The van der Waals surface area contributed by atoms with Crippen molar-refractivity contribution in [3.8, 4) is 5.75 Å². The summed E-state index contributed by atoms with van der Waals surface area (Å²) in [6.07, 6.45) is -4.70. The lowest BCUT2D eigenvalue weighted by molar-refractivity contribution is -0.143. The Morgan fingerprint density at radius 2 is 1.95 bits per heavy atom. The van der Waals surface area contributed by atoms with E-state index in [4.69, 9.17) is 15.2 Å². The SMILES string of the molecule is CCOC(=O)C[C@@H](N)c1cc(OC)cc(C(F)(F)F)c1.Cl. The van der Waals surface area contributed by atoms with Crippen LogP contribution in [0, 0.1) is 0 Å². The number of carbonyl (C=O) groups excluding carboxylic acids is 1. The normalized spacial score (nSPS) is 12.3. The molecule has 0 saturated heterocycles. The second kappa shape index (κ2) is 8.09. The van der Waals surface area contributed by atoms with Gasteiger partial charge in [-0.2, -0.15) is 13.2 Å². The first kappa shape index (κ1) is 19.5. The number of esters is 1. The number of carbonyl (C=O) groups is 1. The van der Waals surface area contributed by atoms with E-state index >= 15 is 0 Å². The predicted molar refractivity (Wildman–Crippen MR) is 73.4 cm³/mol. The Balaban J connectivity index is 0.00000400. The largest absolute Gasteiger partial charge is 0.497 e. The monoisotopic (exact) mass is 327 g/mol. The summed E-state index contributed by atoms with van der Waals surface area (Å²) in [5.74, 6) is -0.523. The number of halogens is 4. The lowest BCUT2D eigenvalue weighted by Crippen LogP contribution is -2.18. The molecule has 1 aromatic carbocycles.